The number of hydrazone groups is 1. The van der Waals surface area contributed by atoms with E-state index in [0.717, 1.165) is 5.56 Å². The smallest absolute Gasteiger partial charge is 0.428 e. The Bertz CT molecular complexity index is 1590. The number of rotatable bonds is 9. The molecule has 41 heavy (non-hydrogen) atoms. The number of amides is 2. The quantitative estimate of drug-likeness (QED) is 0.103. The van der Waals surface area contributed by atoms with Gasteiger partial charge in [-0.25, -0.2) is 18.6 Å². The van der Waals surface area contributed by atoms with E-state index in [1.54, 1.807) is 57.4 Å². The van der Waals surface area contributed by atoms with Crippen LogP contribution in [0.15, 0.2) is 67.6 Å². The second kappa shape index (κ2) is 13.3. The van der Waals surface area contributed by atoms with Crippen molar-refractivity contribution in [2.24, 2.45) is 5.10 Å². The van der Waals surface area contributed by atoms with Gasteiger partial charge in [0.1, 0.15) is 12.0 Å². The minimum Gasteiger partial charge on any atom is -0.469 e. The van der Waals surface area contributed by atoms with Crippen LogP contribution in [-0.4, -0.2) is 51.6 Å². The topological polar surface area (TPSA) is 140 Å². The van der Waals surface area contributed by atoms with E-state index < -0.39 is 39.8 Å². The summed E-state index contributed by atoms with van der Waals surface area (Å²) in [5.74, 6) is -1.22. The first-order valence-corrected chi connectivity index (χ1v) is 15.8. The first-order valence-electron chi connectivity index (χ1n) is 12.3. The van der Waals surface area contributed by atoms with E-state index in [0.29, 0.717) is 25.9 Å². The second-order valence-electron chi connectivity index (χ2n) is 9.71. The van der Waals surface area contributed by atoms with Gasteiger partial charge in [0, 0.05) is 16.1 Å². The third kappa shape index (κ3) is 8.41. The molecule has 0 bridgehead atoms. The van der Waals surface area contributed by atoms with Crippen molar-refractivity contribution >= 4 is 62.8 Å². The molecule has 1 aromatic heterocycles. The number of ether oxygens (including phenoxy) is 2. The van der Waals surface area contributed by atoms with Gasteiger partial charge in [0.15, 0.2) is 0 Å². The number of carbonyl (C=O) groups is 3. The Morgan fingerprint density at radius 3 is 2.46 bits per heavy atom. The van der Waals surface area contributed by atoms with Crippen molar-refractivity contribution in [1.82, 2.24) is 5.43 Å². The highest BCUT2D eigenvalue weighted by Crippen LogP contribution is 2.38. The number of benzene rings is 2. The summed E-state index contributed by atoms with van der Waals surface area (Å²) in [4.78, 5) is 36.5. The number of thioether (sulfide) groups is 1. The van der Waals surface area contributed by atoms with E-state index in [1.807, 2.05) is 13.0 Å². The fourth-order valence-electron chi connectivity index (χ4n) is 3.72. The molecular weight excluding hydrogens is 587 g/mol. The summed E-state index contributed by atoms with van der Waals surface area (Å²) in [6.07, 6.45) is 1.96. The van der Waals surface area contributed by atoms with Crippen molar-refractivity contribution in [3.8, 4) is 11.1 Å². The van der Waals surface area contributed by atoms with Crippen molar-refractivity contribution in [1.29, 1.82) is 0 Å². The van der Waals surface area contributed by atoms with Gasteiger partial charge in [-0.3, -0.25) is 9.59 Å². The van der Waals surface area contributed by atoms with Gasteiger partial charge in [-0.1, -0.05) is 24.3 Å². The Morgan fingerprint density at radius 2 is 1.80 bits per heavy atom. The predicted molar refractivity (Wildman–Crippen MR) is 160 cm³/mol. The number of methoxy groups -OCH3 is 1. The first kappa shape index (κ1) is 31.8. The van der Waals surface area contributed by atoms with Crippen molar-refractivity contribution in [2.45, 2.75) is 53.7 Å². The number of carbonyl (C=O) groups excluding carboxylic acids is 3. The number of thiophene rings is 1. The molecule has 2 amide bonds. The highest BCUT2D eigenvalue weighted by Gasteiger charge is 2.25. The van der Waals surface area contributed by atoms with Gasteiger partial charge >= 0.3 is 12.1 Å². The summed E-state index contributed by atoms with van der Waals surface area (Å²) in [5.41, 5.74) is 4.02. The van der Waals surface area contributed by atoms with Crippen LogP contribution in [-0.2, 0) is 28.9 Å². The van der Waals surface area contributed by atoms with E-state index in [2.05, 4.69) is 20.6 Å². The zero-order chi connectivity index (χ0) is 30.4. The summed E-state index contributed by atoms with van der Waals surface area (Å²) in [6.45, 7) is 7.03. The number of anilines is 1. The second-order valence-corrected chi connectivity index (χ2v) is 13.8. The van der Waals surface area contributed by atoms with Gasteiger partial charge in [-0.15, -0.1) is 23.1 Å². The van der Waals surface area contributed by atoms with E-state index in [1.165, 1.54) is 48.6 Å². The molecule has 3 aromatic rings. The maximum absolute atomic E-state index is 13.8. The van der Waals surface area contributed by atoms with Crippen LogP contribution in [0.3, 0.4) is 0 Å². The molecule has 2 aromatic carbocycles. The summed E-state index contributed by atoms with van der Waals surface area (Å²) in [5, 5.41) is 6.60. The average Bonchev–Trinajstić information content (AvgIpc) is 3.32. The third-order valence-electron chi connectivity index (χ3n) is 5.42. The number of aryl methyl sites for hydroxylation is 1. The fourth-order valence-corrected chi connectivity index (χ4v) is 7.66. The molecule has 0 radical (unpaired) electrons. The van der Waals surface area contributed by atoms with Crippen molar-refractivity contribution in [2.75, 3.05) is 18.7 Å². The maximum atomic E-state index is 13.8. The van der Waals surface area contributed by atoms with Crippen LogP contribution in [0, 0.1) is 6.92 Å². The van der Waals surface area contributed by atoms with Gasteiger partial charge in [0.05, 0.1) is 27.3 Å². The van der Waals surface area contributed by atoms with Crippen molar-refractivity contribution < 1.29 is 32.3 Å². The molecule has 0 aliphatic carbocycles. The molecule has 1 heterocycles. The number of esters is 1. The van der Waals surface area contributed by atoms with Crippen LogP contribution >= 0.6 is 23.1 Å². The lowest BCUT2D eigenvalue weighted by atomic mass is 9.98. The molecule has 10 nitrogen and oxygen atoms in total. The molecule has 0 atom stereocenters. The van der Waals surface area contributed by atoms with E-state index in [9.17, 15) is 22.8 Å². The molecule has 0 spiro atoms. The molecule has 3 rings (SSSR count). The molecule has 2 N–H and O–H groups in total. The van der Waals surface area contributed by atoms with Crippen LogP contribution in [0.4, 0.5) is 10.5 Å². The number of nitrogens with one attached hydrogen (secondary N) is 2. The van der Waals surface area contributed by atoms with Gasteiger partial charge in [0.2, 0.25) is 15.7 Å². The van der Waals surface area contributed by atoms with Crippen LogP contribution in [0.5, 0.6) is 0 Å². The van der Waals surface area contributed by atoms with E-state index >= 15 is 0 Å². The minimum absolute atomic E-state index is 0.0635. The highest BCUT2D eigenvalue weighted by molar-refractivity contribution is 8.01. The van der Waals surface area contributed by atoms with Crippen LogP contribution in [0.2, 0.25) is 0 Å². The average molecular weight is 618 g/mol. The molecule has 0 fully saturated rings. The van der Waals surface area contributed by atoms with Crippen LogP contribution in [0.1, 0.15) is 37.6 Å². The number of hydrogen-bond donors (Lipinski definition) is 2. The Hall–Kier alpha value is -3.68. The standard InChI is InChI=1S/C28H31N3O7S3/c1-17-9-7-12-21(30-23(32)15-24(33)37-5)25(17)18-10-8-11-20(13-18)41(35,36)22-14-19(40-26(22)39-6)16-29-31-27(34)38-28(2,3)4/h7-14,16H,15H2,1-6H3,(H,30,32)(H,31,34). The van der Waals surface area contributed by atoms with E-state index in [-0.39, 0.29) is 9.79 Å². The fraction of sp³-hybridized carbons (Fsp3) is 0.286. The highest BCUT2D eigenvalue weighted by atomic mass is 32.2. The first-order chi connectivity index (χ1) is 19.2. The molecule has 13 heteroatoms. The predicted octanol–water partition coefficient (Wildman–Crippen LogP) is 5.64. The normalized spacial score (nSPS) is 11.8. The summed E-state index contributed by atoms with van der Waals surface area (Å²) in [7, 11) is -2.76. The maximum Gasteiger partial charge on any atom is 0.428 e. The lowest BCUT2D eigenvalue weighted by Crippen LogP contribution is -2.29. The van der Waals surface area contributed by atoms with Gasteiger partial charge in [-0.05, 0) is 69.3 Å². The van der Waals surface area contributed by atoms with Crippen LogP contribution < -0.4 is 10.7 Å². The molecule has 0 aliphatic rings. The zero-order valence-corrected chi connectivity index (χ0v) is 25.9. The largest absolute Gasteiger partial charge is 0.469 e. The Kier molecular flexibility index (Phi) is 10.3. The van der Waals surface area contributed by atoms with Gasteiger partial charge < -0.3 is 14.8 Å². The Morgan fingerprint density at radius 1 is 1.10 bits per heavy atom. The Labute approximate surface area is 247 Å². The minimum atomic E-state index is -3.96. The van der Waals surface area contributed by atoms with Crippen molar-refractivity contribution in [3.63, 3.8) is 0 Å². The molecule has 0 unspecified atom stereocenters. The van der Waals surface area contributed by atoms with Crippen molar-refractivity contribution in [3.05, 3.63) is 59.0 Å². The number of nitrogens with zero attached hydrogens (tertiary/aromatic N) is 1. The third-order valence-corrected chi connectivity index (χ3v) is 9.66. The summed E-state index contributed by atoms with van der Waals surface area (Å²) >= 11 is 2.51. The molecule has 0 aliphatic heterocycles. The SMILES string of the molecule is COC(=O)CC(=O)Nc1cccc(C)c1-c1cccc(S(=O)(=O)c2cc(C=NNC(=O)OC(C)(C)C)sc2SC)c1. The van der Waals surface area contributed by atoms with E-state index in [4.69, 9.17) is 4.74 Å². The lowest BCUT2D eigenvalue weighted by Gasteiger charge is -2.18. The molecule has 218 valence electrons. The van der Waals surface area contributed by atoms with Crippen LogP contribution in [0.25, 0.3) is 11.1 Å². The lowest BCUT2D eigenvalue weighted by molar-refractivity contribution is -0.142. The van der Waals surface area contributed by atoms with Gasteiger partial charge in [-0.2, -0.15) is 5.10 Å². The zero-order valence-electron chi connectivity index (χ0n) is 23.4. The summed E-state index contributed by atoms with van der Waals surface area (Å²) in [6, 6.07) is 13.2. The Balaban J connectivity index is 1.94. The molecule has 0 saturated carbocycles. The number of hydrogen-bond acceptors (Lipinski definition) is 10. The molecule has 0 saturated heterocycles. The van der Waals surface area contributed by atoms with Gasteiger partial charge in [0.25, 0.3) is 0 Å². The monoisotopic (exact) mass is 617 g/mol. The molecular formula is C28H31N3O7S3. The summed E-state index contributed by atoms with van der Waals surface area (Å²) < 4.78 is 37.8. The number of sulfone groups is 1.